The van der Waals surface area contributed by atoms with Gasteiger partial charge in [0.05, 0.1) is 29.2 Å². The summed E-state index contributed by atoms with van der Waals surface area (Å²) in [6.45, 7) is 4.89. The first-order valence-corrected chi connectivity index (χ1v) is 11.7. The van der Waals surface area contributed by atoms with Crippen molar-refractivity contribution in [2.75, 3.05) is 13.2 Å². The fraction of sp³-hybridized carbons (Fsp3) is 0.360. The van der Waals surface area contributed by atoms with Crippen LogP contribution in [-0.2, 0) is 23.9 Å². The number of carbonyl (C=O) groups excluding carboxylic acids is 1. The van der Waals surface area contributed by atoms with Gasteiger partial charge in [0, 0.05) is 29.2 Å². The summed E-state index contributed by atoms with van der Waals surface area (Å²) in [6, 6.07) is 8.20. The van der Waals surface area contributed by atoms with Crippen molar-refractivity contribution in [1.82, 2.24) is 9.72 Å². The van der Waals surface area contributed by atoms with Gasteiger partial charge in [-0.25, -0.2) is 4.79 Å². The molecule has 0 amide bonds. The van der Waals surface area contributed by atoms with E-state index in [-0.39, 0.29) is 17.6 Å². The van der Waals surface area contributed by atoms with E-state index in [1.54, 1.807) is 19.1 Å². The highest BCUT2D eigenvalue weighted by atomic mass is 35.5. The maximum absolute atomic E-state index is 13.2. The Morgan fingerprint density at radius 2 is 1.94 bits per heavy atom. The van der Waals surface area contributed by atoms with Crippen LogP contribution in [0.1, 0.15) is 48.3 Å². The molecule has 4 aromatic rings. The number of benzene rings is 2. The molecule has 0 aliphatic carbocycles. The Morgan fingerprint density at radius 3 is 2.66 bits per heavy atom. The average Bonchev–Trinajstić information content (AvgIpc) is 3.43. The van der Waals surface area contributed by atoms with E-state index in [0.29, 0.717) is 54.3 Å². The molecule has 0 radical (unpaired) electrons. The second-order valence-corrected chi connectivity index (χ2v) is 8.37. The molecule has 0 N–H and O–H groups in total. The molecule has 0 saturated carbocycles. The molecule has 0 unspecified atom stereocenters. The van der Waals surface area contributed by atoms with Crippen LogP contribution in [0, 0.1) is 0 Å². The fourth-order valence-electron chi connectivity index (χ4n) is 4.08. The number of rotatable bonds is 9. The van der Waals surface area contributed by atoms with Gasteiger partial charge < -0.3 is 18.6 Å². The maximum Gasteiger partial charge on any atom is 0.437 e. The Bertz CT molecular complexity index is 1360. The summed E-state index contributed by atoms with van der Waals surface area (Å²) in [5.41, 5.74) is 0.859. The third-order valence-electron chi connectivity index (χ3n) is 5.65. The third-order valence-corrected chi connectivity index (χ3v) is 6.06. The Morgan fingerprint density at radius 1 is 1.14 bits per heavy atom. The van der Waals surface area contributed by atoms with Gasteiger partial charge in [0.1, 0.15) is 5.75 Å². The van der Waals surface area contributed by atoms with Crippen LogP contribution in [-0.4, -0.2) is 28.9 Å². The van der Waals surface area contributed by atoms with Crippen molar-refractivity contribution in [3.63, 3.8) is 0 Å². The molecule has 0 fully saturated rings. The standard InChI is InChI=1S/C25H24ClF3N2O4/c1-3-6-16-20(10-8-18-22(16)35-30-23(18)25(27,28)29)34-14-5-12-31-13-11-15-19(31)9-7-17(21(15)26)24(32)33-4-2/h7-11,13H,3-6,12,14H2,1-2H3. The monoisotopic (exact) mass is 508 g/mol. The molecule has 6 nitrogen and oxygen atoms in total. The molecule has 0 spiro atoms. The van der Waals surface area contributed by atoms with Gasteiger partial charge in [0.2, 0.25) is 0 Å². The van der Waals surface area contributed by atoms with Gasteiger partial charge >= 0.3 is 12.1 Å². The highest BCUT2D eigenvalue weighted by Crippen LogP contribution is 2.38. The Balaban J connectivity index is 1.47. The SMILES string of the molecule is CCCc1c(OCCCn2ccc3c(Cl)c(C(=O)OCC)ccc32)ccc2c(C(F)(F)F)noc12. The molecule has 4 rings (SSSR count). The zero-order valence-corrected chi connectivity index (χ0v) is 20.0. The van der Waals surface area contributed by atoms with E-state index in [1.807, 2.05) is 29.8 Å². The summed E-state index contributed by atoms with van der Waals surface area (Å²) in [4.78, 5) is 12.1. The number of carbonyl (C=O) groups is 1. The van der Waals surface area contributed by atoms with Gasteiger partial charge in [-0.05, 0) is 50.1 Å². The minimum absolute atomic E-state index is 0.0637. The van der Waals surface area contributed by atoms with Crippen molar-refractivity contribution < 1.29 is 32.0 Å². The molecule has 0 aliphatic heterocycles. The molecule has 35 heavy (non-hydrogen) atoms. The van der Waals surface area contributed by atoms with Crippen LogP contribution >= 0.6 is 11.6 Å². The van der Waals surface area contributed by atoms with Gasteiger partial charge in [-0.3, -0.25) is 0 Å². The number of hydrogen-bond donors (Lipinski definition) is 0. The smallest absolute Gasteiger partial charge is 0.437 e. The third kappa shape index (κ3) is 4.96. The van der Waals surface area contributed by atoms with E-state index < -0.39 is 17.8 Å². The van der Waals surface area contributed by atoms with Crippen molar-refractivity contribution in [3.05, 3.63) is 58.4 Å². The molecule has 0 atom stereocenters. The van der Waals surface area contributed by atoms with Crippen LogP contribution in [0.15, 0.2) is 41.1 Å². The number of aryl methyl sites for hydroxylation is 2. The normalized spacial score (nSPS) is 11.9. The lowest BCUT2D eigenvalue weighted by molar-refractivity contribution is -0.141. The number of nitrogens with zero attached hydrogens (tertiary/aromatic N) is 2. The van der Waals surface area contributed by atoms with Crippen molar-refractivity contribution in [2.45, 2.75) is 45.8 Å². The molecule has 0 aliphatic rings. The Labute approximate surface area is 204 Å². The van der Waals surface area contributed by atoms with Crippen LogP contribution in [0.2, 0.25) is 5.02 Å². The zero-order chi connectivity index (χ0) is 25.2. The van der Waals surface area contributed by atoms with Gasteiger partial charge in [0.15, 0.2) is 11.3 Å². The van der Waals surface area contributed by atoms with Crippen LogP contribution in [0.25, 0.3) is 21.9 Å². The molecular weight excluding hydrogens is 485 g/mol. The molecular formula is C25H24ClF3N2O4. The minimum Gasteiger partial charge on any atom is -0.493 e. The number of halogens is 4. The van der Waals surface area contributed by atoms with Crippen molar-refractivity contribution >= 4 is 39.4 Å². The number of alkyl halides is 3. The van der Waals surface area contributed by atoms with Gasteiger partial charge in [-0.15, -0.1) is 0 Å². The van der Waals surface area contributed by atoms with Crippen molar-refractivity contribution in [1.29, 1.82) is 0 Å². The lowest BCUT2D eigenvalue weighted by Crippen LogP contribution is -2.07. The van der Waals surface area contributed by atoms with E-state index in [9.17, 15) is 18.0 Å². The highest BCUT2D eigenvalue weighted by molar-refractivity contribution is 6.38. The number of esters is 1. The van der Waals surface area contributed by atoms with Gasteiger partial charge in [-0.2, -0.15) is 13.2 Å². The largest absolute Gasteiger partial charge is 0.493 e. The molecule has 10 heteroatoms. The van der Waals surface area contributed by atoms with Crippen LogP contribution in [0.5, 0.6) is 5.75 Å². The lowest BCUT2D eigenvalue weighted by Gasteiger charge is -2.12. The van der Waals surface area contributed by atoms with Crippen LogP contribution < -0.4 is 4.74 Å². The van der Waals surface area contributed by atoms with E-state index >= 15 is 0 Å². The Hall–Kier alpha value is -3.20. The summed E-state index contributed by atoms with van der Waals surface area (Å²) in [7, 11) is 0. The highest BCUT2D eigenvalue weighted by Gasteiger charge is 2.37. The quantitative estimate of drug-likeness (QED) is 0.179. The minimum atomic E-state index is -4.59. The first-order valence-electron chi connectivity index (χ1n) is 11.3. The Kier molecular flexibility index (Phi) is 7.25. The molecule has 0 saturated heterocycles. The number of hydrogen-bond acceptors (Lipinski definition) is 5. The molecule has 0 bridgehead atoms. The second-order valence-electron chi connectivity index (χ2n) is 7.99. The van der Waals surface area contributed by atoms with E-state index in [1.165, 1.54) is 6.07 Å². The molecule has 2 heterocycles. The summed E-state index contributed by atoms with van der Waals surface area (Å²) in [5, 5.41) is 4.28. The molecule has 2 aromatic carbocycles. The van der Waals surface area contributed by atoms with Gasteiger partial charge in [-0.1, -0.05) is 30.1 Å². The van der Waals surface area contributed by atoms with Crippen molar-refractivity contribution in [2.24, 2.45) is 0 Å². The summed E-state index contributed by atoms with van der Waals surface area (Å²) < 4.78 is 57.6. The number of ether oxygens (including phenoxy) is 2. The summed E-state index contributed by atoms with van der Waals surface area (Å²) >= 11 is 6.43. The second kappa shape index (κ2) is 10.2. The first-order chi connectivity index (χ1) is 16.8. The van der Waals surface area contributed by atoms with E-state index in [2.05, 4.69) is 5.16 Å². The van der Waals surface area contributed by atoms with Crippen LogP contribution in [0.4, 0.5) is 13.2 Å². The average molecular weight is 509 g/mol. The van der Waals surface area contributed by atoms with Crippen LogP contribution in [0.3, 0.4) is 0 Å². The molecule has 2 aromatic heterocycles. The number of fused-ring (bicyclic) bond motifs is 2. The topological polar surface area (TPSA) is 66.5 Å². The summed E-state index contributed by atoms with van der Waals surface area (Å²) in [6.07, 6.45) is -0.858. The zero-order valence-electron chi connectivity index (χ0n) is 19.2. The maximum atomic E-state index is 13.2. The molecule has 186 valence electrons. The summed E-state index contributed by atoms with van der Waals surface area (Å²) in [5.74, 6) is 0.0261. The van der Waals surface area contributed by atoms with E-state index in [4.69, 9.17) is 25.6 Å². The first kappa shape index (κ1) is 24.9. The van der Waals surface area contributed by atoms with E-state index in [0.717, 1.165) is 10.9 Å². The lowest BCUT2D eigenvalue weighted by atomic mass is 10.0. The van der Waals surface area contributed by atoms with Crippen molar-refractivity contribution in [3.8, 4) is 5.75 Å². The van der Waals surface area contributed by atoms with Gasteiger partial charge in [0.25, 0.3) is 0 Å². The predicted molar refractivity (Wildman–Crippen MR) is 126 cm³/mol. The number of aromatic nitrogens is 2. The predicted octanol–water partition coefficient (Wildman–Crippen LogP) is 7.05. The fourth-order valence-corrected chi connectivity index (χ4v) is 4.38.